The maximum Gasteiger partial charge on any atom is 0.255 e. The number of carbonyl (C=O) groups is 1. The first-order chi connectivity index (χ1) is 9.49. The Morgan fingerprint density at radius 3 is 2.70 bits per heavy atom. The van der Waals surface area contributed by atoms with Crippen molar-refractivity contribution in [3.05, 3.63) is 63.9 Å². The van der Waals surface area contributed by atoms with Gasteiger partial charge in [-0.25, -0.2) is 4.39 Å². The Morgan fingerprint density at radius 1 is 1.30 bits per heavy atom. The van der Waals surface area contributed by atoms with E-state index in [1.165, 1.54) is 11.0 Å². The lowest BCUT2D eigenvalue weighted by molar-refractivity contribution is 0.0783. The second kappa shape index (κ2) is 6.05. The van der Waals surface area contributed by atoms with Crippen molar-refractivity contribution in [2.75, 3.05) is 12.8 Å². The monoisotopic (exact) mass is 336 g/mol. The summed E-state index contributed by atoms with van der Waals surface area (Å²) in [6.45, 7) is 0.201. The van der Waals surface area contributed by atoms with E-state index in [9.17, 15) is 9.18 Å². The quantitative estimate of drug-likeness (QED) is 0.872. The Kier molecular flexibility index (Phi) is 4.39. The zero-order valence-electron chi connectivity index (χ0n) is 10.9. The summed E-state index contributed by atoms with van der Waals surface area (Å²) in [6, 6.07) is 11.4. The minimum absolute atomic E-state index is 0.201. The highest BCUT2D eigenvalue weighted by atomic mass is 79.9. The Bertz CT molecular complexity index is 646. The van der Waals surface area contributed by atoms with E-state index in [0.29, 0.717) is 21.3 Å². The van der Waals surface area contributed by atoms with Crippen LogP contribution in [0.25, 0.3) is 0 Å². The molecular formula is C15H14BrFN2O. The molecule has 0 saturated heterocycles. The highest BCUT2D eigenvalue weighted by Crippen LogP contribution is 2.21. The predicted molar refractivity (Wildman–Crippen MR) is 80.8 cm³/mol. The topological polar surface area (TPSA) is 46.3 Å². The van der Waals surface area contributed by atoms with Crippen molar-refractivity contribution in [1.82, 2.24) is 4.90 Å². The van der Waals surface area contributed by atoms with Crippen molar-refractivity contribution < 1.29 is 9.18 Å². The van der Waals surface area contributed by atoms with Gasteiger partial charge in [0.05, 0.1) is 5.56 Å². The molecule has 0 saturated carbocycles. The number of benzene rings is 2. The van der Waals surface area contributed by atoms with Gasteiger partial charge in [0.25, 0.3) is 5.91 Å². The van der Waals surface area contributed by atoms with Gasteiger partial charge in [0.2, 0.25) is 0 Å². The van der Waals surface area contributed by atoms with Crippen molar-refractivity contribution in [2.45, 2.75) is 6.54 Å². The van der Waals surface area contributed by atoms with Gasteiger partial charge in [0.1, 0.15) is 5.82 Å². The molecule has 2 aromatic carbocycles. The SMILES string of the molecule is CN(Cc1ccccc1F)C(=O)c1cc(N)ccc1Br. The standard InChI is InChI=1S/C15H14BrFN2O/c1-19(9-10-4-2-3-5-14(10)17)15(20)12-8-11(18)6-7-13(12)16/h2-8H,9,18H2,1H3. The Balaban J connectivity index is 2.21. The van der Waals surface area contributed by atoms with Crippen molar-refractivity contribution in [1.29, 1.82) is 0 Å². The van der Waals surface area contributed by atoms with Crippen LogP contribution in [-0.4, -0.2) is 17.9 Å². The van der Waals surface area contributed by atoms with Crippen LogP contribution in [0.2, 0.25) is 0 Å². The van der Waals surface area contributed by atoms with Crippen molar-refractivity contribution in [2.24, 2.45) is 0 Å². The van der Waals surface area contributed by atoms with Crippen molar-refractivity contribution in [3.8, 4) is 0 Å². The largest absolute Gasteiger partial charge is 0.399 e. The molecular weight excluding hydrogens is 323 g/mol. The summed E-state index contributed by atoms with van der Waals surface area (Å²) in [7, 11) is 1.63. The molecule has 2 aromatic rings. The Hall–Kier alpha value is -1.88. The van der Waals surface area contributed by atoms with Crippen LogP contribution in [-0.2, 0) is 6.54 Å². The lowest BCUT2D eigenvalue weighted by Crippen LogP contribution is -2.27. The predicted octanol–water partition coefficient (Wildman–Crippen LogP) is 3.44. The van der Waals surface area contributed by atoms with Crippen LogP contribution in [0.5, 0.6) is 0 Å². The van der Waals surface area contributed by atoms with Gasteiger partial charge in [-0.1, -0.05) is 18.2 Å². The first kappa shape index (κ1) is 14.5. The number of rotatable bonds is 3. The maximum atomic E-state index is 13.6. The van der Waals surface area contributed by atoms with Crippen LogP contribution in [0.3, 0.4) is 0 Å². The molecule has 1 amide bonds. The fourth-order valence-electron chi connectivity index (χ4n) is 1.87. The van der Waals surface area contributed by atoms with E-state index in [1.54, 1.807) is 43.4 Å². The fourth-order valence-corrected chi connectivity index (χ4v) is 2.28. The fraction of sp³-hybridized carbons (Fsp3) is 0.133. The van der Waals surface area contributed by atoms with E-state index in [2.05, 4.69) is 15.9 Å². The smallest absolute Gasteiger partial charge is 0.255 e. The third-order valence-electron chi connectivity index (χ3n) is 2.93. The second-order valence-electron chi connectivity index (χ2n) is 4.49. The zero-order valence-corrected chi connectivity index (χ0v) is 12.5. The molecule has 0 aliphatic rings. The molecule has 5 heteroatoms. The average molecular weight is 337 g/mol. The van der Waals surface area contributed by atoms with E-state index in [0.717, 1.165) is 0 Å². The minimum atomic E-state index is -0.321. The molecule has 2 rings (SSSR count). The number of amides is 1. The van der Waals surface area contributed by atoms with E-state index in [1.807, 2.05) is 0 Å². The summed E-state index contributed by atoms with van der Waals surface area (Å²) < 4.78 is 14.3. The van der Waals surface area contributed by atoms with E-state index in [4.69, 9.17) is 5.73 Å². The van der Waals surface area contributed by atoms with Crippen LogP contribution in [0.4, 0.5) is 10.1 Å². The van der Waals surface area contributed by atoms with Gasteiger partial charge >= 0.3 is 0 Å². The normalized spacial score (nSPS) is 10.3. The lowest BCUT2D eigenvalue weighted by Gasteiger charge is -2.18. The highest BCUT2D eigenvalue weighted by molar-refractivity contribution is 9.10. The summed E-state index contributed by atoms with van der Waals surface area (Å²) in [5.74, 6) is -0.536. The van der Waals surface area contributed by atoms with Gasteiger partial charge < -0.3 is 10.6 Å². The molecule has 0 atom stereocenters. The molecule has 104 valence electrons. The van der Waals surface area contributed by atoms with Crippen LogP contribution >= 0.6 is 15.9 Å². The summed E-state index contributed by atoms with van der Waals surface area (Å²) >= 11 is 3.32. The number of halogens is 2. The minimum Gasteiger partial charge on any atom is -0.399 e. The molecule has 0 aliphatic carbocycles. The average Bonchev–Trinajstić information content (AvgIpc) is 2.43. The molecule has 0 aliphatic heterocycles. The van der Waals surface area contributed by atoms with Gasteiger partial charge in [-0.05, 0) is 40.2 Å². The van der Waals surface area contributed by atoms with Crippen LogP contribution < -0.4 is 5.73 Å². The molecule has 0 bridgehead atoms. The summed E-state index contributed by atoms with van der Waals surface area (Å²) in [4.78, 5) is 13.8. The number of nitrogens with two attached hydrogens (primary N) is 1. The molecule has 0 unspecified atom stereocenters. The lowest BCUT2D eigenvalue weighted by atomic mass is 10.1. The van der Waals surface area contributed by atoms with Crippen LogP contribution in [0, 0.1) is 5.82 Å². The number of anilines is 1. The first-order valence-corrected chi connectivity index (χ1v) is 6.82. The van der Waals surface area contributed by atoms with Gasteiger partial charge in [-0.15, -0.1) is 0 Å². The van der Waals surface area contributed by atoms with E-state index in [-0.39, 0.29) is 18.3 Å². The maximum absolute atomic E-state index is 13.6. The first-order valence-electron chi connectivity index (χ1n) is 6.03. The van der Waals surface area contributed by atoms with Gasteiger partial charge in [-0.3, -0.25) is 4.79 Å². The molecule has 0 heterocycles. The molecule has 0 spiro atoms. The highest BCUT2D eigenvalue weighted by Gasteiger charge is 2.16. The summed E-state index contributed by atoms with van der Waals surface area (Å²) in [6.07, 6.45) is 0. The summed E-state index contributed by atoms with van der Waals surface area (Å²) in [5.41, 5.74) is 7.14. The zero-order chi connectivity index (χ0) is 14.7. The third kappa shape index (κ3) is 3.17. The molecule has 2 N–H and O–H groups in total. The van der Waals surface area contributed by atoms with Crippen molar-refractivity contribution in [3.63, 3.8) is 0 Å². The van der Waals surface area contributed by atoms with Gasteiger partial charge in [-0.2, -0.15) is 0 Å². The number of hydrogen-bond donors (Lipinski definition) is 1. The molecule has 0 radical (unpaired) electrons. The molecule has 20 heavy (non-hydrogen) atoms. The Labute approximate surface area is 125 Å². The second-order valence-corrected chi connectivity index (χ2v) is 5.35. The number of nitrogen functional groups attached to an aromatic ring is 1. The van der Waals surface area contributed by atoms with Gasteiger partial charge in [0.15, 0.2) is 0 Å². The molecule has 0 aromatic heterocycles. The third-order valence-corrected chi connectivity index (χ3v) is 3.62. The van der Waals surface area contributed by atoms with Gasteiger partial charge in [0, 0.05) is 29.3 Å². The van der Waals surface area contributed by atoms with E-state index >= 15 is 0 Å². The molecule has 0 fully saturated rings. The van der Waals surface area contributed by atoms with Crippen molar-refractivity contribution >= 4 is 27.5 Å². The summed E-state index contributed by atoms with van der Waals surface area (Å²) in [5, 5.41) is 0. The molecule has 3 nitrogen and oxygen atoms in total. The Morgan fingerprint density at radius 2 is 2.00 bits per heavy atom. The number of nitrogens with zero attached hydrogens (tertiary/aromatic N) is 1. The number of hydrogen-bond acceptors (Lipinski definition) is 2. The number of carbonyl (C=O) groups excluding carboxylic acids is 1. The van der Waals surface area contributed by atoms with Crippen LogP contribution in [0.15, 0.2) is 46.9 Å². The van der Waals surface area contributed by atoms with Crippen LogP contribution in [0.1, 0.15) is 15.9 Å². The van der Waals surface area contributed by atoms with E-state index < -0.39 is 0 Å².